The lowest BCUT2D eigenvalue weighted by atomic mass is 9.94. The first-order chi connectivity index (χ1) is 8.00. The lowest BCUT2D eigenvalue weighted by Gasteiger charge is -2.12. The fourth-order valence-corrected chi connectivity index (χ4v) is 1.96. The van der Waals surface area contributed by atoms with Crippen LogP contribution in [0.4, 0.5) is 0 Å². The molecular weight excluding hydrogens is 212 g/mol. The fraction of sp³-hybridized carbons (Fsp3) is 0.200. The molecule has 0 heterocycles. The number of phenolic OH excluding ortho intramolecular Hbond substituents is 2. The van der Waals surface area contributed by atoms with Crippen molar-refractivity contribution in [3.05, 3.63) is 47.0 Å². The van der Waals surface area contributed by atoms with Crippen molar-refractivity contribution < 1.29 is 10.2 Å². The smallest absolute Gasteiger partial charge is 0.158 e. The van der Waals surface area contributed by atoms with Crippen molar-refractivity contribution in [1.82, 2.24) is 0 Å². The first-order valence-corrected chi connectivity index (χ1v) is 5.60. The molecule has 2 N–H and O–H groups in total. The number of benzene rings is 2. The van der Waals surface area contributed by atoms with Crippen LogP contribution in [0.2, 0.25) is 0 Å². The van der Waals surface area contributed by atoms with Gasteiger partial charge in [0.15, 0.2) is 11.5 Å². The summed E-state index contributed by atoms with van der Waals surface area (Å²) in [5.74, 6) is -0.171. The van der Waals surface area contributed by atoms with Gasteiger partial charge >= 0.3 is 0 Å². The summed E-state index contributed by atoms with van der Waals surface area (Å²) in [6.45, 7) is 6.25. The van der Waals surface area contributed by atoms with Crippen molar-refractivity contribution in [1.29, 1.82) is 0 Å². The van der Waals surface area contributed by atoms with Crippen LogP contribution in [0, 0.1) is 20.8 Å². The molecule has 0 saturated heterocycles. The van der Waals surface area contributed by atoms with Gasteiger partial charge < -0.3 is 10.2 Å². The highest BCUT2D eigenvalue weighted by Gasteiger charge is 2.08. The molecular formula is C15H16O2. The Hall–Kier alpha value is -1.96. The van der Waals surface area contributed by atoms with Gasteiger partial charge in [-0.05, 0) is 60.7 Å². The predicted octanol–water partition coefficient (Wildman–Crippen LogP) is 3.69. The zero-order valence-electron chi connectivity index (χ0n) is 10.3. The maximum absolute atomic E-state index is 9.53. The minimum Gasteiger partial charge on any atom is -0.504 e. The maximum atomic E-state index is 9.53. The van der Waals surface area contributed by atoms with Gasteiger partial charge in [0.1, 0.15) is 0 Å². The number of hydrogen-bond acceptors (Lipinski definition) is 2. The summed E-state index contributed by atoms with van der Waals surface area (Å²) in [5.41, 5.74) is 5.73. The highest BCUT2D eigenvalue weighted by Crippen LogP contribution is 2.33. The largest absolute Gasteiger partial charge is 0.504 e. The van der Waals surface area contributed by atoms with E-state index in [1.54, 1.807) is 6.07 Å². The normalized spacial score (nSPS) is 10.5. The third-order valence-corrected chi connectivity index (χ3v) is 3.34. The first kappa shape index (κ1) is 11.5. The lowest BCUT2D eigenvalue weighted by Crippen LogP contribution is -1.90. The van der Waals surface area contributed by atoms with Crippen LogP contribution in [0.3, 0.4) is 0 Å². The Kier molecular flexibility index (Phi) is 2.80. The molecule has 0 aliphatic rings. The van der Waals surface area contributed by atoms with Crippen molar-refractivity contribution in [2.24, 2.45) is 0 Å². The first-order valence-electron chi connectivity index (χ1n) is 5.60. The topological polar surface area (TPSA) is 40.5 Å². The molecule has 0 bridgehead atoms. The predicted molar refractivity (Wildman–Crippen MR) is 69.4 cm³/mol. The van der Waals surface area contributed by atoms with Gasteiger partial charge in [0.25, 0.3) is 0 Å². The Labute approximate surface area is 101 Å². The average molecular weight is 228 g/mol. The molecule has 0 amide bonds. The minimum atomic E-state index is -0.0877. The molecule has 2 heteroatoms. The second-order valence-electron chi connectivity index (χ2n) is 4.38. The van der Waals surface area contributed by atoms with Crippen LogP contribution in [0.25, 0.3) is 11.1 Å². The molecule has 88 valence electrons. The molecule has 2 nitrogen and oxygen atoms in total. The van der Waals surface area contributed by atoms with Crippen LogP contribution in [-0.4, -0.2) is 10.2 Å². The third kappa shape index (κ3) is 1.98. The van der Waals surface area contributed by atoms with Gasteiger partial charge in [-0.25, -0.2) is 0 Å². The minimum absolute atomic E-state index is 0.0832. The SMILES string of the molecule is Cc1ccc(-c2ccc(O)c(O)c2)c(C)c1C. The fourth-order valence-electron chi connectivity index (χ4n) is 1.96. The Morgan fingerprint density at radius 3 is 2.12 bits per heavy atom. The number of hydrogen-bond donors (Lipinski definition) is 2. The van der Waals surface area contributed by atoms with E-state index in [0.717, 1.165) is 11.1 Å². The average Bonchev–Trinajstić information content (AvgIpc) is 2.30. The van der Waals surface area contributed by atoms with E-state index in [9.17, 15) is 10.2 Å². The van der Waals surface area contributed by atoms with Crippen molar-refractivity contribution >= 4 is 0 Å². The molecule has 0 saturated carbocycles. The molecule has 2 aromatic rings. The van der Waals surface area contributed by atoms with Crippen molar-refractivity contribution in [3.8, 4) is 22.6 Å². The summed E-state index contributed by atoms with van der Waals surface area (Å²) >= 11 is 0. The van der Waals surface area contributed by atoms with E-state index in [0.29, 0.717) is 0 Å². The maximum Gasteiger partial charge on any atom is 0.158 e. The Balaban J connectivity index is 2.61. The summed E-state index contributed by atoms with van der Waals surface area (Å²) in [5, 5.41) is 18.8. The number of phenols is 2. The van der Waals surface area contributed by atoms with Gasteiger partial charge in [-0.1, -0.05) is 18.2 Å². The van der Waals surface area contributed by atoms with Crippen LogP contribution in [0.1, 0.15) is 16.7 Å². The molecule has 2 rings (SSSR count). The van der Waals surface area contributed by atoms with E-state index in [2.05, 4.69) is 26.8 Å². The molecule has 0 aliphatic carbocycles. The van der Waals surface area contributed by atoms with E-state index in [1.807, 2.05) is 12.1 Å². The van der Waals surface area contributed by atoms with Gasteiger partial charge in [-0.2, -0.15) is 0 Å². The van der Waals surface area contributed by atoms with Gasteiger partial charge in [-0.15, -0.1) is 0 Å². The zero-order chi connectivity index (χ0) is 12.6. The van der Waals surface area contributed by atoms with E-state index in [1.165, 1.54) is 22.8 Å². The number of aromatic hydroxyl groups is 2. The lowest BCUT2D eigenvalue weighted by molar-refractivity contribution is 0.404. The molecule has 0 fully saturated rings. The molecule has 2 aromatic carbocycles. The van der Waals surface area contributed by atoms with Gasteiger partial charge in [-0.3, -0.25) is 0 Å². The molecule has 0 radical (unpaired) electrons. The molecule has 0 aliphatic heterocycles. The molecule has 17 heavy (non-hydrogen) atoms. The van der Waals surface area contributed by atoms with Gasteiger partial charge in [0.05, 0.1) is 0 Å². The zero-order valence-corrected chi connectivity index (χ0v) is 10.3. The second kappa shape index (κ2) is 4.13. The Bertz CT molecular complexity index is 571. The standard InChI is InChI=1S/C15H16O2/c1-9-4-6-13(11(3)10(9)2)12-5-7-14(16)15(17)8-12/h4-8,16-17H,1-3H3. The molecule has 0 spiro atoms. The van der Waals surface area contributed by atoms with Crippen LogP contribution in [0.5, 0.6) is 11.5 Å². The van der Waals surface area contributed by atoms with Crippen LogP contribution >= 0.6 is 0 Å². The van der Waals surface area contributed by atoms with Crippen LogP contribution < -0.4 is 0 Å². The number of aryl methyl sites for hydroxylation is 1. The van der Waals surface area contributed by atoms with E-state index in [4.69, 9.17) is 0 Å². The Morgan fingerprint density at radius 1 is 0.765 bits per heavy atom. The summed E-state index contributed by atoms with van der Waals surface area (Å²) in [6, 6.07) is 9.03. The summed E-state index contributed by atoms with van der Waals surface area (Å²) in [7, 11) is 0. The summed E-state index contributed by atoms with van der Waals surface area (Å²) in [4.78, 5) is 0. The molecule has 0 atom stereocenters. The monoisotopic (exact) mass is 228 g/mol. The third-order valence-electron chi connectivity index (χ3n) is 3.34. The highest BCUT2D eigenvalue weighted by molar-refractivity contribution is 5.71. The van der Waals surface area contributed by atoms with Crippen molar-refractivity contribution in [3.63, 3.8) is 0 Å². The van der Waals surface area contributed by atoms with Crippen LogP contribution in [-0.2, 0) is 0 Å². The second-order valence-corrected chi connectivity index (χ2v) is 4.38. The van der Waals surface area contributed by atoms with E-state index < -0.39 is 0 Å². The quantitative estimate of drug-likeness (QED) is 0.731. The number of rotatable bonds is 1. The summed E-state index contributed by atoms with van der Waals surface area (Å²) in [6.07, 6.45) is 0. The highest BCUT2D eigenvalue weighted by atomic mass is 16.3. The molecule has 0 unspecified atom stereocenters. The summed E-state index contributed by atoms with van der Waals surface area (Å²) < 4.78 is 0. The van der Waals surface area contributed by atoms with Crippen molar-refractivity contribution in [2.45, 2.75) is 20.8 Å². The van der Waals surface area contributed by atoms with Gasteiger partial charge in [0.2, 0.25) is 0 Å². The Morgan fingerprint density at radius 2 is 1.47 bits per heavy atom. The van der Waals surface area contributed by atoms with Gasteiger partial charge in [0, 0.05) is 0 Å². The molecule has 0 aromatic heterocycles. The van der Waals surface area contributed by atoms with E-state index >= 15 is 0 Å². The van der Waals surface area contributed by atoms with Crippen molar-refractivity contribution in [2.75, 3.05) is 0 Å². The van der Waals surface area contributed by atoms with Crippen LogP contribution in [0.15, 0.2) is 30.3 Å². The van der Waals surface area contributed by atoms with E-state index in [-0.39, 0.29) is 11.5 Å².